The second-order valence-electron chi connectivity index (χ2n) is 7.38. The first kappa shape index (κ1) is 26.9. The van der Waals surface area contributed by atoms with E-state index >= 15 is 0 Å². The number of ether oxygens (including phenoxy) is 1. The molecule has 1 aliphatic rings. The largest absolute Gasteiger partial charge is 0.490 e. The number of carbonyl (C=O) groups excluding carboxylic acids is 2. The number of urea groups is 1. The summed E-state index contributed by atoms with van der Waals surface area (Å²) in [5.41, 5.74) is 1.86. The molecule has 1 saturated heterocycles. The predicted molar refractivity (Wildman–Crippen MR) is 137 cm³/mol. The minimum Gasteiger partial charge on any atom is -0.490 e. The van der Waals surface area contributed by atoms with Crippen molar-refractivity contribution < 1.29 is 14.3 Å². The van der Waals surface area contributed by atoms with Crippen molar-refractivity contribution in [3.8, 4) is 5.75 Å². The highest BCUT2D eigenvalue weighted by Crippen LogP contribution is 2.15. The van der Waals surface area contributed by atoms with E-state index in [9.17, 15) is 9.59 Å². The van der Waals surface area contributed by atoms with Crippen LogP contribution in [0.2, 0.25) is 0 Å². The number of hydrogen-bond acceptors (Lipinski definition) is 5. The van der Waals surface area contributed by atoms with Gasteiger partial charge in [0.25, 0.3) is 5.91 Å². The minimum atomic E-state index is -0.205. The standard InChI is InChI=1S/C24H25N5O3.2ClH/c30-23(27-19-5-2-1-3-6-19)18-8-10-20(11-9-18)28-24(31)29-14-13-26-15-21(29)17-32-22-7-4-12-25-16-22;;/h1-12,16,21,26H,13-15,17H2,(H,27,30)(H,28,31);2*1H. The molecule has 2 heterocycles. The van der Waals surface area contributed by atoms with Gasteiger partial charge >= 0.3 is 6.03 Å². The maximum Gasteiger partial charge on any atom is 0.322 e. The van der Waals surface area contributed by atoms with E-state index in [1.807, 2.05) is 42.5 Å². The fourth-order valence-corrected chi connectivity index (χ4v) is 3.43. The van der Waals surface area contributed by atoms with Crippen LogP contribution < -0.4 is 20.7 Å². The molecular weight excluding hydrogens is 477 g/mol. The molecule has 1 aliphatic heterocycles. The molecular formula is C24H27Cl2N5O3. The summed E-state index contributed by atoms with van der Waals surface area (Å²) >= 11 is 0. The lowest BCUT2D eigenvalue weighted by Crippen LogP contribution is -2.57. The number of nitrogens with zero attached hydrogens (tertiary/aromatic N) is 2. The van der Waals surface area contributed by atoms with Gasteiger partial charge in [-0.05, 0) is 48.5 Å². The summed E-state index contributed by atoms with van der Waals surface area (Å²) in [6, 6.07) is 19.4. The Labute approximate surface area is 210 Å². The Morgan fingerprint density at radius 3 is 2.41 bits per heavy atom. The number of aromatic nitrogens is 1. The molecule has 0 aliphatic carbocycles. The van der Waals surface area contributed by atoms with Crippen molar-refractivity contribution in [2.24, 2.45) is 0 Å². The molecule has 1 atom stereocenters. The van der Waals surface area contributed by atoms with Crippen molar-refractivity contribution in [3.05, 3.63) is 84.7 Å². The Hall–Kier alpha value is -3.33. The van der Waals surface area contributed by atoms with E-state index in [2.05, 4.69) is 20.9 Å². The van der Waals surface area contributed by atoms with Gasteiger partial charge in [-0.25, -0.2) is 4.79 Å². The van der Waals surface area contributed by atoms with Crippen LogP contribution in [0.1, 0.15) is 10.4 Å². The number of para-hydroxylation sites is 1. The fourth-order valence-electron chi connectivity index (χ4n) is 3.43. The van der Waals surface area contributed by atoms with Gasteiger partial charge < -0.3 is 25.6 Å². The highest BCUT2D eigenvalue weighted by molar-refractivity contribution is 6.04. The number of anilines is 2. The third-order valence-electron chi connectivity index (χ3n) is 5.12. The zero-order valence-electron chi connectivity index (χ0n) is 18.3. The lowest BCUT2D eigenvalue weighted by Gasteiger charge is -2.35. The highest BCUT2D eigenvalue weighted by atomic mass is 35.5. The molecule has 1 fully saturated rings. The van der Waals surface area contributed by atoms with Gasteiger partial charge in [-0.2, -0.15) is 0 Å². The molecule has 1 aromatic heterocycles. The van der Waals surface area contributed by atoms with E-state index in [1.165, 1.54) is 0 Å². The van der Waals surface area contributed by atoms with E-state index in [0.717, 1.165) is 12.2 Å². The topological polar surface area (TPSA) is 95.6 Å². The van der Waals surface area contributed by atoms with Crippen molar-refractivity contribution in [1.82, 2.24) is 15.2 Å². The van der Waals surface area contributed by atoms with Gasteiger partial charge in [0.1, 0.15) is 12.4 Å². The van der Waals surface area contributed by atoms with Gasteiger partial charge in [0.05, 0.1) is 12.2 Å². The van der Waals surface area contributed by atoms with E-state index in [4.69, 9.17) is 4.74 Å². The molecule has 4 rings (SSSR count). The number of nitrogens with one attached hydrogen (secondary N) is 3. The zero-order chi connectivity index (χ0) is 22.2. The molecule has 0 bridgehead atoms. The quantitative estimate of drug-likeness (QED) is 0.471. The summed E-state index contributed by atoms with van der Waals surface area (Å²) in [5.74, 6) is 0.464. The van der Waals surface area contributed by atoms with Gasteiger partial charge in [-0.15, -0.1) is 24.8 Å². The summed E-state index contributed by atoms with van der Waals surface area (Å²) in [6.07, 6.45) is 3.33. The Balaban J connectivity index is 0.00000204. The molecule has 10 heteroatoms. The Morgan fingerprint density at radius 2 is 1.71 bits per heavy atom. The van der Waals surface area contributed by atoms with Gasteiger partial charge in [-0.1, -0.05) is 18.2 Å². The number of halogens is 2. The number of rotatable bonds is 6. The van der Waals surface area contributed by atoms with E-state index in [1.54, 1.807) is 41.6 Å². The number of pyridine rings is 1. The second kappa shape index (κ2) is 13.4. The first-order chi connectivity index (χ1) is 15.7. The van der Waals surface area contributed by atoms with Gasteiger partial charge in [0.2, 0.25) is 0 Å². The van der Waals surface area contributed by atoms with Crippen LogP contribution in [0, 0.1) is 0 Å². The average molecular weight is 504 g/mol. The number of piperazine rings is 1. The van der Waals surface area contributed by atoms with Gasteiger partial charge in [0, 0.05) is 42.8 Å². The summed E-state index contributed by atoms with van der Waals surface area (Å²) < 4.78 is 5.80. The molecule has 3 amide bonds. The van der Waals surface area contributed by atoms with Crippen molar-refractivity contribution in [2.75, 3.05) is 36.9 Å². The van der Waals surface area contributed by atoms with Crippen LogP contribution in [0.4, 0.5) is 16.2 Å². The SMILES string of the molecule is Cl.Cl.O=C(Nc1ccccc1)c1ccc(NC(=O)N2CCNCC2COc2cccnc2)cc1. The smallest absolute Gasteiger partial charge is 0.322 e. The lowest BCUT2D eigenvalue weighted by atomic mass is 10.2. The van der Waals surface area contributed by atoms with Crippen LogP contribution in [0.5, 0.6) is 5.75 Å². The van der Waals surface area contributed by atoms with Crippen molar-refractivity contribution in [2.45, 2.75) is 6.04 Å². The molecule has 3 N–H and O–H groups in total. The minimum absolute atomic E-state index is 0. The summed E-state index contributed by atoms with van der Waals surface area (Å²) in [7, 11) is 0. The summed E-state index contributed by atoms with van der Waals surface area (Å²) in [5, 5.41) is 9.06. The number of amides is 3. The molecule has 1 unspecified atom stereocenters. The van der Waals surface area contributed by atoms with Crippen molar-refractivity contribution >= 4 is 48.1 Å². The molecule has 8 nitrogen and oxygen atoms in total. The Morgan fingerprint density at radius 1 is 0.971 bits per heavy atom. The van der Waals surface area contributed by atoms with E-state index < -0.39 is 0 Å². The second-order valence-corrected chi connectivity index (χ2v) is 7.38. The molecule has 180 valence electrons. The van der Waals surface area contributed by atoms with E-state index in [0.29, 0.717) is 36.7 Å². The predicted octanol–water partition coefficient (Wildman–Crippen LogP) is 4.06. The van der Waals surface area contributed by atoms with Crippen molar-refractivity contribution in [3.63, 3.8) is 0 Å². The molecule has 0 radical (unpaired) electrons. The van der Waals surface area contributed by atoms with Crippen LogP contribution in [0.15, 0.2) is 79.1 Å². The molecule has 3 aromatic rings. The van der Waals surface area contributed by atoms with Crippen LogP contribution in [0.25, 0.3) is 0 Å². The van der Waals surface area contributed by atoms with Gasteiger partial charge in [0.15, 0.2) is 0 Å². The molecule has 2 aromatic carbocycles. The van der Waals surface area contributed by atoms with Crippen LogP contribution in [-0.2, 0) is 0 Å². The summed E-state index contributed by atoms with van der Waals surface area (Å²) in [4.78, 5) is 31.1. The number of hydrogen-bond donors (Lipinski definition) is 3. The highest BCUT2D eigenvalue weighted by Gasteiger charge is 2.27. The Kier molecular flexibility index (Phi) is 10.6. The van der Waals surface area contributed by atoms with Crippen LogP contribution >= 0.6 is 24.8 Å². The monoisotopic (exact) mass is 503 g/mol. The first-order valence-corrected chi connectivity index (χ1v) is 10.5. The number of carbonyl (C=O) groups is 2. The van der Waals surface area contributed by atoms with Crippen molar-refractivity contribution in [1.29, 1.82) is 0 Å². The van der Waals surface area contributed by atoms with Gasteiger partial charge in [-0.3, -0.25) is 9.78 Å². The molecule has 0 spiro atoms. The average Bonchev–Trinajstić information content (AvgIpc) is 2.84. The lowest BCUT2D eigenvalue weighted by molar-refractivity contribution is 0.102. The molecule has 34 heavy (non-hydrogen) atoms. The normalized spacial score (nSPS) is 14.7. The zero-order valence-corrected chi connectivity index (χ0v) is 20.0. The maximum atomic E-state index is 12.9. The van der Waals surface area contributed by atoms with E-state index in [-0.39, 0.29) is 42.8 Å². The first-order valence-electron chi connectivity index (χ1n) is 10.5. The third kappa shape index (κ3) is 7.34. The van der Waals surface area contributed by atoms with Crippen LogP contribution in [0.3, 0.4) is 0 Å². The van der Waals surface area contributed by atoms with Crippen LogP contribution in [-0.4, -0.2) is 54.1 Å². The maximum absolute atomic E-state index is 12.9. The number of benzene rings is 2. The fraction of sp³-hybridized carbons (Fsp3) is 0.208. The Bertz CT molecular complexity index is 1040. The molecule has 0 saturated carbocycles. The summed E-state index contributed by atoms with van der Waals surface area (Å²) in [6.45, 7) is 2.30. The third-order valence-corrected chi connectivity index (χ3v) is 5.12.